The summed E-state index contributed by atoms with van der Waals surface area (Å²) in [7, 11) is 3.51. The molecule has 0 spiro atoms. The summed E-state index contributed by atoms with van der Waals surface area (Å²) in [6.07, 6.45) is 3.11. The summed E-state index contributed by atoms with van der Waals surface area (Å²) >= 11 is 0. The normalized spacial score (nSPS) is 10.3. The van der Waals surface area contributed by atoms with Crippen molar-refractivity contribution in [1.29, 1.82) is 0 Å². The molecule has 0 aliphatic heterocycles. The minimum absolute atomic E-state index is 0.0704. The van der Waals surface area contributed by atoms with Crippen LogP contribution in [-0.2, 0) is 22.4 Å². The summed E-state index contributed by atoms with van der Waals surface area (Å²) in [4.78, 5) is 16.1. The minimum atomic E-state index is 0.0704. The zero-order valence-electron chi connectivity index (χ0n) is 12.7. The van der Waals surface area contributed by atoms with Crippen molar-refractivity contribution in [1.82, 2.24) is 10.3 Å². The number of methoxy groups -OCH3 is 1. The fourth-order valence-corrected chi connectivity index (χ4v) is 1.98. The molecule has 0 saturated heterocycles. The van der Waals surface area contributed by atoms with Gasteiger partial charge in [0.15, 0.2) is 0 Å². The number of aryl methyl sites for hydroxylation is 2. The summed E-state index contributed by atoms with van der Waals surface area (Å²) in [5.41, 5.74) is 2.24. The molecule has 1 aromatic rings. The number of aromatic nitrogens is 1. The first kappa shape index (κ1) is 16.4. The van der Waals surface area contributed by atoms with E-state index >= 15 is 0 Å². The molecule has 1 aromatic heterocycles. The van der Waals surface area contributed by atoms with E-state index < -0.39 is 0 Å². The van der Waals surface area contributed by atoms with Gasteiger partial charge in [-0.25, -0.2) is 4.98 Å². The van der Waals surface area contributed by atoms with E-state index in [0.29, 0.717) is 19.6 Å². The Kier molecular flexibility index (Phi) is 7.65. The van der Waals surface area contributed by atoms with Crippen LogP contribution < -0.4 is 10.6 Å². The molecule has 0 radical (unpaired) electrons. The molecule has 2 N–H and O–H groups in total. The zero-order chi connectivity index (χ0) is 14.8. The van der Waals surface area contributed by atoms with Gasteiger partial charge in [-0.2, -0.15) is 0 Å². The van der Waals surface area contributed by atoms with Crippen molar-refractivity contribution < 1.29 is 9.53 Å². The molecule has 5 nitrogen and oxygen atoms in total. The second-order valence-electron chi connectivity index (χ2n) is 4.61. The topological polar surface area (TPSA) is 63.2 Å². The molecule has 5 heteroatoms. The first-order valence-corrected chi connectivity index (χ1v) is 7.13. The van der Waals surface area contributed by atoms with Gasteiger partial charge in [-0.05, 0) is 30.9 Å². The van der Waals surface area contributed by atoms with Crippen LogP contribution in [0.1, 0.15) is 31.0 Å². The second-order valence-corrected chi connectivity index (χ2v) is 4.61. The number of ether oxygens (including phenoxy) is 1. The highest BCUT2D eigenvalue weighted by Crippen LogP contribution is 2.14. The number of anilines is 1. The summed E-state index contributed by atoms with van der Waals surface area (Å²) in [6, 6.07) is 4.15. The molecule has 0 unspecified atom stereocenters. The van der Waals surface area contributed by atoms with E-state index in [0.717, 1.165) is 30.8 Å². The van der Waals surface area contributed by atoms with Gasteiger partial charge in [0.05, 0.1) is 6.61 Å². The predicted octanol–water partition coefficient (Wildman–Crippen LogP) is 1.77. The Hall–Kier alpha value is -1.62. The van der Waals surface area contributed by atoms with Crippen molar-refractivity contribution in [2.24, 2.45) is 0 Å². The number of hydrogen-bond donors (Lipinski definition) is 2. The van der Waals surface area contributed by atoms with Crippen molar-refractivity contribution in [2.75, 3.05) is 32.6 Å². The predicted molar refractivity (Wildman–Crippen MR) is 81.0 cm³/mol. The molecule has 0 saturated carbocycles. The van der Waals surface area contributed by atoms with Crippen molar-refractivity contribution in [3.8, 4) is 0 Å². The molecular weight excluding hydrogens is 254 g/mol. The van der Waals surface area contributed by atoms with Gasteiger partial charge in [0.1, 0.15) is 5.82 Å². The van der Waals surface area contributed by atoms with E-state index in [1.54, 1.807) is 7.11 Å². The number of pyridine rings is 1. The SMILES string of the molecule is CCc1ccc(CCCC(=O)NCCOC)nc1NC. The number of nitrogens with zero attached hydrogens (tertiary/aromatic N) is 1. The highest BCUT2D eigenvalue weighted by Gasteiger charge is 2.05. The van der Waals surface area contributed by atoms with Crippen molar-refractivity contribution in [3.63, 3.8) is 0 Å². The van der Waals surface area contributed by atoms with Gasteiger partial charge in [-0.1, -0.05) is 13.0 Å². The van der Waals surface area contributed by atoms with Gasteiger partial charge in [0.2, 0.25) is 5.91 Å². The zero-order valence-corrected chi connectivity index (χ0v) is 12.7. The van der Waals surface area contributed by atoms with E-state index in [1.165, 1.54) is 5.56 Å². The van der Waals surface area contributed by atoms with E-state index in [9.17, 15) is 4.79 Å². The van der Waals surface area contributed by atoms with Gasteiger partial charge >= 0.3 is 0 Å². The van der Waals surface area contributed by atoms with Crippen molar-refractivity contribution in [2.45, 2.75) is 32.6 Å². The Labute approximate surface area is 121 Å². The third-order valence-corrected chi connectivity index (χ3v) is 3.12. The van der Waals surface area contributed by atoms with E-state index in [2.05, 4.69) is 28.6 Å². The Balaban J connectivity index is 2.36. The average molecular weight is 279 g/mol. The Morgan fingerprint density at radius 1 is 1.40 bits per heavy atom. The molecule has 1 heterocycles. The molecule has 112 valence electrons. The average Bonchev–Trinajstić information content (AvgIpc) is 2.47. The molecule has 20 heavy (non-hydrogen) atoms. The van der Waals surface area contributed by atoms with E-state index in [-0.39, 0.29) is 5.91 Å². The maximum atomic E-state index is 11.5. The molecule has 1 amide bonds. The molecular formula is C15H25N3O2. The fourth-order valence-electron chi connectivity index (χ4n) is 1.98. The molecule has 0 aromatic carbocycles. The van der Waals surface area contributed by atoms with Crippen LogP contribution in [0.4, 0.5) is 5.82 Å². The summed E-state index contributed by atoms with van der Waals surface area (Å²) in [6.45, 7) is 3.24. The Morgan fingerprint density at radius 2 is 2.20 bits per heavy atom. The molecule has 0 atom stereocenters. The fraction of sp³-hybridized carbons (Fsp3) is 0.600. The lowest BCUT2D eigenvalue weighted by molar-refractivity contribution is -0.121. The highest BCUT2D eigenvalue weighted by molar-refractivity contribution is 5.75. The summed E-state index contributed by atoms with van der Waals surface area (Å²) in [5.74, 6) is 1.01. The summed E-state index contributed by atoms with van der Waals surface area (Å²) < 4.78 is 4.88. The van der Waals surface area contributed by atoms with Gasteiger partial charge in [0.25, 0.3) is 0 Å². The highest BCUT2D eigenvalue weighted by atomic mass is 16.5. The maximum absolute atomic E-state index is 11.5. The van der Waals surface area contributed by atoms with Gasteiger partial charge in [-0.15, -0.1) is 0 Å². The quantitative estimate of drug-likeness (QED) is 0.676. The van der Waals surface area contributed by atoms with Crippen LogP contribution in [0, 0.1) is 0 Å². The molecule has 0 bridgehead atoms. The van der Waals surface area contributed by atoms with Crippen LogP contribution in [0.25, 0.3) is 0 Å². The van der Waals surface area contributed by atoms with Crippen LogP contribution in [-0.4, -0.2) is 38.2 Å². The van der Waals surface area contributed by atoms with Crippen LogP contribution in [0.15, 0.2) is 12.1 Å². The Morgan fingerprint density at radius 3 is 2.85 bits per heavy atom. The number of nitrogens with one attached hydrogen (secondary N) is 2. The minimum Gasteiger partial charge on any atom is -0.383 e. The summed E-state index contributed by atoms with van der Waals surface area (Å²) in [5, 5.41) is 5.93. The van der Waals surface area contributed by atoms with Crippen LogP contribution in [0.5, 0.6) is 0 Å². The largest absolute Gasteiger partial charge is 0.383 e. The molecule has 1 rings (SSSR count). The number of carbonyl (C=O) groups excluding carboxylic acids is 1. The maximum Gasteiger partial charge on any atom is 0.220 e. The number of carbonyl (C=O) groups is 1. The molecule has 0 fully saturated rings. The lowest BCUT2D eigenvalue weighted by Gasteiger charge is -2.09. The third kappa shape index (κ3) is 5.57. The van der Waals surface area contributed by atoms with Crippen LogP contribution in [0.3, 0.4) is 0 Å². The lowest BCUT2D eigenvalue weighted by Crippen LogP contribution is -2.26. The van der Waals surface area contributed by atoms with Crippen molar-refractivity contribution in [3.05, 3.63) is 23.4 Å². The Bertz CT molecular complexity index is 422. The number of rotatable bonds is 9. The van der Waals surface area contributed by atoms with Crippen molar-refractivity contribution >= 4 is 11.7 Å². The van der Waals surface area contributed by atoms with Gasteiger partial charge < -0.3 is 15.4 Å². The first-order chi connectivity index (χ1) is 9.71. The number of amides is 1. The molecule has 0 aliphatic rings. The number of hydrogen-bond acceptors (Lipinski definition) is 4. The van der Waals surface area contributed by atoms with Crippen LogP contribution in [0.2, 0.25) is 0 Å². The smallest absolute Gasteiger partial charge is 0.220 e. The van der Waals surface area contributed by atoms with E-state index in [4.69, 9.17) is 4.74 Å². The standard InChI is InChI=1S/C15H25N3O2/c1-4-12-8-9-13(18-15(12)16-2)6-5-7-14(19)17-10-11-20-3/h8-9H,4-7,10-11H2,1-3H3,(H,16,18)(H,17,19). The third-order valence-electron chi connectivity index (χ3n) is 3.12. The lowest BCUT2D eigenvalue weighted by atomic mass is 10.1. The van der Waals surface area contributed by atoms with Gasteiger partial charge in [-0.3, -0.25) is 4.79 Å². The first-order valence-electron chi connectivity index (χ1n) is 7.13. The molecule has 0 aliphatic carbocycles. The van der Waals surface area contributed by atoms with E-state index in [1.807, 2.05) is 13.1 Å². The van der Waals surface area contributed by atoms with Gasteiger partial charge in [0, 0.05) is 32.8 Å². The monoisotopic (exact) mass is 279 g/mol. The second kappa shape index (κ2) is 9.31. The van der Waals surface area contributed by atoms with Crippen LogP contribution >= 0.6 is 0 Å².